The molecule has 41 nitrogen and oxygen atoms in total. The lowest BCUT2D eigenvalue weighted by Crippen LogP contribution is -2.68. The molecule has 26 N–H and O–H groups in total. The lowest BCUT2D eigenvalue weighted by Gasteiger charge is -2.50. The van der Waals surface area contributed by atoms with Crippen LogP contribution in [0.2, 0.25) is 0 Å². The highest BCUT2D eigenvalue weighted by atomic mass is 16.8. The highest BCUT2D eigenvalue weighted by Gasteiger charge is 2.59. The van der Waals surface area contributed by atoms with Crippen LogP contribution in [0.3, 0.4) is 0 Å². The van der Waals surface area contributed by atoms with Gasteiger partial charge in [-0.25, -0.2) is 0 Å². The standard InChI is InChI=1S/C48H82O41/c49-1-9-17(55)20(58)29(67)42(78-9)75-7-15-39(88-46-33(71)25(63)37(13(5-53)82-46)86-44-31(69)22(60)19(57)11(3-51)80-44)27(65)35(73)48(84-15)89-40-16(8-76-43-30(68)21(59)18(56)10(2-50)79-43)83-47(34(72)26(40)64)87-38-14(6-54)81-45(32(70)24(38)62)85-36-12(4-52)77-41(74)28(66)23(36)61/h9-74H,1-8H2/t9-,10-,11-,12-,13-,14-,15-,16-,17+,18+,19-,20+,21+,22+,23-,24-,25-,26-,27-,28+,29-,30-,31+,32+,33+,34+,35+,36-,37-,38-,39-,40-,41?,42+,43+,44+,45+,46+,47+,48+/m1/s1. The van der Waals surface area contributed by atoms with Crippen LogP contribution in [0.25, 0.3) is 0 Å². The molecule has 8 saturated heterocycles. The number of aliphatic hydroxyl groups is 26. The Kier molecular flexibility index (Phi) is 25.9. The van der Waals surface area contributed by atoms with E-state index in [1.807, 2.05) is 0 Å². The van der Waals surface area contributed by atoms with Crippen molar-refractivity contribution in [1.29, 1.82) is 0 Å². The molecule has 0 radical (unpaired) electrons. The molecule has 8 fully saturated rings. The Morgan fingerprint density at radius 2 is 0.393 bits per heavy atom. The van der Waals surface area contributed by atoms with Gasteiger partial charge in [0.15, 0.2) is 50.3 Å². The van der Waals surface area contributed by atoms with Crippen LogP contribution >= 0.6 is 0 Å². The van der Waals surface area contributed by atoms with Gasteiger partial charge in [0.1, 0.15) is 195 Å². The minimum atomic E-state index is -2.45. The number of rotatable bonds is 22. The maximum atomic E-state index is 11.9. The van der Waals surface area contributed by atoms with Crippen LogP contribution in [-0.4, -0.2) is 431 Å². The summed E-state index contributed by atoms with van der Waals surface area (Å²) in [4.78, 5) is 0. The molecule has 41 heteroatoms. The van der Waals surface area contributed by atoms with E-state index in [0.717, 1.165) is 0 Å². The zero-order chi connectivity index (χ0) is 65.4. The third kappa shape index (κ3) is 15.3. The van der Waals surface area contributed by atoms with Crippen molar-refractivity contribution in [3.05, 3.63) is 0 Å². The first-order valence-corrected chi connectivity index (χ1v) is 28.2. The predicted octanol–water partition coefficient (Wildman–Crippen LogP) is -18.5. The smallest absolute Gasteiger partial charge is 0.187 e. The molecular weight excluding hydrogens is 1230 g/mol. The molecule has 0 saturated carbocycles. The number of hydrogen-bond donors (Lipinski definition) is 26. The summed E-state index contributed by atoms with van der Waals surface area (Å²) in [5, 5.41) is 278. The van der Waals surface area contributed by atoms with Crippen molar-refractivity contribution in [1.82, 2.24) is 0 Å². The average molecular weight is 1320 g/mol. The van der Waals surface area contributed by atoms with E-state index in [0.29, 0.717) is 0 Å². The molecule has 520 valence electrons. The van der Waals surface area contributed by atoms with E-state index in [2.05, 4.69) is 0 Å². The zero-order valence-electron chi connectivity index (χ0n) is 46.5. The fraction of sp³-hybridized carbons (Fsp3) is 1.00. The average Bonchev–Trinajstić information content (AvgIpc) is 1.01. The van der Waals surface area contributed by atoms with Crippen LogP contribution < -0.4 is 0 Å². The van der Waals surface area contributed by atoms with Crippen LogP contribution in [0.15, 0.2) is 0 Å². The molecule has 89 heavy (non-hydrogen) atoms. The third-order valence-corrected chi connectivity index (χ3v) is 16.6. The summed E-state index contributed by atoms with van der Waals surface area (Å²) in [6, 6.07) is 0. The second kappa shape index (κ2) is 31.5. The first kappa shape index (κ1) is 73.2. The van der Waals surface area contributed by atoms with Crippen molar-refractivity contribution in [2.45, 2.75) is 246 Å². The van der Waals surface area contributed by atoms with Gasteiger partial charge >= 0.3 is 0 Å². The maximum absolute atomic E-state index is 11.9. The molecule has 8 aliphatic heterocycles. The molecule has 0 aliphatic carbocycles. The van der Waals surface area contributed by atoms with Gasteiger partial charge in [0, 0.05) is 0 Å². The molecule has 0 spiro atoms. The summed E-state index contributed by atoms with van der Waals surface area (Å²) in [5.41, 5.74) is 0. The Morgan fingerprint density at radius 3 is 0.674 bits per heavy atom. The van der Waals surface area contributed by atoms with Gasteiger partial charge in [-0.15, -0.1) is 0 Å². The summed E-state index contributed by atoms with van der Waals surface area (Å²) in [6.45, 7) is -8.02. The van der Waals surface area contributed by atoms with Gasteiger partial charge in [-0.2, -0.15) is 0 Å². The molecule has 0 aromatic rings. The van der Waals surface area contributed by atoms with Gasteiger partial charge in [0.05, 0.1) is 52.9 Å². The Hall–Kier alpha value is -1.64. The van der Waals surface area contributed by atoms with E-state index in [9.17, 15) is 133 Å². The summed E-state index contributed by atoms with van der Waals surface area (Å²) in [7, 11) is 0. The summed E-state index contributed by atoms with van der Waals surface area (Å²) in [5.74, 6) is 0. The van der Waals surface area contributed by atoms with E-state index in [1.54, 1.807) is 0 Å². The highest BCUT2D eigenvalue weighted by molar-refractivity contribution is 5.01. The van der Waals surface area contributed by atoms with E-state index >= 15 is 0 Å². The van der Waals surface area contributed by atoms with Gasteiger partial charge < -0.3 is 204 Å². The van der Waals surface area contributed by atoms with E-state index in [-0.39, 0.29) is 0 Å². The topological polar surface area (TPSA) is 664 Å². The predicted molar refractivity (Wildman–Crippen MR) is 264 cm³/mol. The van der Waals surface area contributed by atoms with E-state index in [1.165, 1.54) is 0 Å². The minimum Gasteiger partial charge on any atom is -0.394 e. The van der Waals surface area contributed by atoms with Gasteiger partial charge in [-0.05, 0) is 0 Å². The summed E-state index contributed by atoms with van der Waals surface area (Å²) in [6.07, 6.45) is -81.1. The van der Waals surface area contributed by atoms with Crippen molar-refractivity contribution >= 4 is 0 Å². The monoisotopic (exact) mass is 1310 g/mol. The van der Waals surface area contributed by atoms with Crippen LogP contribution in [0.4, 0.5) is 0 Å². The van der Waals surface area contributed by atoms with Crippen LogP contribution in [0, 0.1) is 0 Å². The number of ether oxygens (including phenoxy) is 15. The molecule has 0 aromatic carbocycles. The van der Waals surface area contributed by atoms with Crippen molar-refractivity contribution in [2.24, 2.45) is 0 Å². The van der Waals surface area contributed by atoms with Gasteiger partial charge in [-0.3, -0.25) is 0 Å². The number of aliphatic hydroxyl groups excluding tert-OH is 26. The fourth-order valence-corrected chi connectivity index (χ4v) is 11.3. The van der Waals surface area contributed by atoms with Crippen LogP contribution in [0.5, 0.6) is 0 Å². The molecular formula is C48H82O41. The normalized spacial score (nSPS) is 53.6. The molecule has 8 aliphatic rings. The van der Waals surface area contributed by atoms with Gasteiger partial charge in [-0.1, -0.05) is 0 Å². The summed E-state index contributed by atoms with van der Waals surface area (Å²) >= 11 is 0. The SMILES string of the molecule is OC[C@H]1O[C@H](OC[C@H]2O[C@@H](O[C@H]3[C@H](O)[C@H](O)[C@H](O[C@H]4[C@H](O)[C@H](O)[C@H](O[C@H]5[C@H](O)[C@H](O)C(O)O[C@@H]5CO)O[C@@H]4CO)O[C@@H]3CO[C@H]3O[C@H](CO)[C@H](O)[C@H](O)[C@H]3O)[C@@H](O)[C@@H](O)[C@@H]2O[C@@H]2O[C@H](CO)[C@@H](O[C@@H]3O[C@H](CO)[C@@H](O)[C@H](O)[C@@H]3O)[C@H](O)[C@@H]2O)[C@H](O)[C@@H](O)[C@H]1O. The Bertz CT molecular complexity index is 2120. The first-order valence-electron chi connectivity index (χ1n) is 28.2. The van der Waals surface area contributed by atoms with Gasteiger partial charge in [0.2, 0.25) is 0 Å². The highest BCUT2D eigenvalue weighted by Crippen LogP contribution is 2.38. The van der Waals surface area contributed by atoms with Crippen molar-refractivity contribution < 1.29 is 204 Å². The van der Waals surface area contributed by atoms with E-state index < -0.39 is 299 Å². The molecule has 8 rings (SSSR count). The second-order valence-corrected chi connectivity index (χ2v) is 22.5. The van der Waals surface area contributed by atoms with E-state index in [4.69, 9.17) is 71.1 Å². The molecule has 1 unspecified atom stereocenters. The van der Waals surface area contributed by atoms with Crippen LogP contribution in [-0.2, 0) is 71.1 Å². The lowest BCUT2D eigenvalue weighted by molar-refractivity contribution is -0.400. The molecule has 0 aromatic heterocycles. The lowest BCUT2D eigenvalue weighted by atomic mass is 9.95. The fourth-order valence-electron chi connectivity index (χ4n) is 11.3. The van der Waals surface area contributed by atoms with Gasteiger partial charge in [0.25, 0.3) is 0 Å². The zero-order valence-corrected chi connectivity index (χ0v) is 46.5. The Balaban J connectivity index is 1.04. The first-order chi connectivity index (χ1) is 42.2. The second-order valence-electron chi connectivity index (χ2n) is 22.5. The minimum absolute atomic E-state index is 0.905. The quantitative estimate of drug-likeness (QED) is 0.0479. The largest absolute Gasteiger partial charge is 0.394 e. The van der Waals surface area contributed by atoms with Crippen LogP contribution in [0.1, 0.15) is 0 Å². The van der Waals surface area contributed by atoms with Crippen molar-refractivity contribution in [3.8, 4) is 0 Å². The maximum Gasteiger partial charge on any atom is 0.187 e. The Labute approximate surface area is 501 Å². The molecule has 40 atom stereocenters. The van der Waals surface area contributed by atoms with Crippen molar-refractivity contribution in [2.75, 3.05) is 52.9 Å². The number of hydrogen-bond acceptors (Lipinski definition) is 41. The molecule has 0 amide bonds. The van der Waals surface area contributed by atoms with Crippen molar-refractivity contribution in [3.63, 3.8) is 0 Å². The Morgan fingerprint density at radius 1 is 0.191 bits per heavy atom. The third-order valence-electron chi connectivity index (χ3n) is 16.6. The summed E-state index contributed by atoms with van der Waals surface area (Å²) < 4.78 is 84.8. The molecule has 0 bridgehead atoms. The molecule has 8 heterocycles.